The van der Waals surface area contributed by atoms with Gasteiger partial charge < -0.3 is 24.5 Å². The molecule has 1 unspecified atom stereocenters. The number of aliphatic hydroxyl groups is 1. The summed E-state index contributed by atoms with van der Waals surface area (Å²) in [6, 6.07) is 6.10. The smallest absolute Gasteiger partial charge is 0.143 e. The molecule has 3 rings (SSSR count). The Bertz CT molecular complexity index is 515. The molecule has 128 valence electrons. The van der Waals surface area contributed by atoms with Gasteiger partial charge in [-0.15, -0.1) is 0 Å². The number of benzene rings is 1. The summed E-state index contributed by atoms with van der Waals surface area (Å²) in [6.07, 6.45) is 0.362. The lowest BCUT2D eigenvalue weighted by Gasteiger charge is -2.34. The van der Waals surface area contributed by atoms with Gasteiger partial charge in [0.15, 0.2) is 0 Å². The van der Waals surface area contributed by atoms with Crippen LogP contribution in [0.3, 0.4) is 0 Å². The zero-order valence-corrected chi connectivity index (χ0v) is 14.4. The predicted molar refractivity (Wildman–Crippen MR) is 93.3 cm³/mol. The Kier molecular flexibility index (Phi) is 5.41. The lowest BCUT2D eigenvalue weighted by molar-refractivity contribution is 0.105. The van der Waals surface area contributed by atoms with Gasteiger partial charge in [0, 0.05) is 39.8 Å². The van der Waals surface area contributed by atoms with E-state index in [4.69, 9.17) is 4.74 Å². The first kappa shape index (κ1) is 16.6. The molecule has 2 aliphatic rings. The van der Waals surface area contributed by atoms with Crippen LogP contribution in [-0.4, -0.2) is 74.4 Å². The fraction of sp³-hybridized carbons (Fsp3) is 0.667. The van der Waals surface area contributed by atoms with Crippen LogP contribution < -0.4 is 9.64 Å². The van der Waals surface area contributed by atoms with E-state index < -0.39 is 6.10 Å². The van der Waals surface area contributed by atoms with Gasteiger partial charge in [0.1, 0.15) is 12.4 Å². The molecule has 0 spiro atoms. The van der Waals surface area contributed by atoms with Crippen molar-refractivity contribution in [1.29, 1.82) is 0 Å². The number of hydrogen-bond acceptors (Lipinski definition) is 5. The van der Waals surface area contributed by atoms with Crippen LogP contribution in [0.25, 0.3) is 0 Å². The molecule has 1 aromatic rings. The minimum atomic E-state index is -0.416. The maximum atomic E-state index is 10.5. The standard InChI is InChI=1S/C18H29N3O2/c1-3-20-8-10-21(11-9-20)7-6-17(22)15-4-5-16-18(14-15)23-13-12-19(16)2/h4-5,14,17,22H,3,6-13H2,1-2H3. The lowest BCUT2D eigenvalue weighted by atomic mass is 10.0. The van der Waals surface area contributed by atoms with Gasteiger partial charge in [-0.2, -0.15) is 0 Å². The highest BCUT2D eigenvalue weighted by atomic mass is 16.5. The molecule has 0 bridgehead atoms. The molecule has 1 atom stereocenters. The van der Waals surface area contributed by atoms with Crippen molar-refractivity contribution in [3.63, 3.8) is 0 Å². The molecular weight excluding hydrogens is 290 g/mol. The van der Waals surface area contributed by atoms with Gasteiger partial charge in [0.2, 0.25) is 0 Å². The lowest BCUT2D eigenvalue weighted by Crippen LogP contribution is -2.46. The molecule has 2 aliphatic heterocycles. The number of fused-ring (bicyclic) bond motifs is 1. The molecule has 0 saturated carbocycles. The fourth-order valence-corrected chi connectivity index (χ4v) is 3.38. The van der Waals surface area contributed by atoms with E-state index in [1.807, 2.05) is 12.1 Å². The van der Waals surface area contributed by atoms with E-state index in [0.29, 0.717) is 6.61 Å². The summed E-state index contributed by atoms with van der Waals surface area (Å²) in [5.41, 5.74) is 2.08. The van der Waals surface area contributed by atoms with Gasteiger partial charge >= 0.3 is 0 Å². The summed E-state index contributed by atoms with van der Waals surface area (Å²) < 4.78 is 5.73. The molecule has 1 N–H and O–H groups in total. The number of rotatable bonds is 5. The summed E-state index contributed by atoms with van der Waals surface area (Å²) in [7, 11) is 2.08. The third-order valence-electron chi connectivity index (χ3n) is 5.10. The quantitative estimate of drug-likeness (QED) is 0.892. The molecule has 0 amide bonds. The molecule has 0 radical (unpaired) electrons. The molecule has 1 aromatic carbocycles. The van der Waals surface area contributed by atoms with Gasteiger partial charge in [-0.05, 0) is 30.7 Å². The summed E-state index contributed by atoms with van der Waals surface area (Å²) in [4.78, 5) is 7.13. The Morgan fingerprint density at radius 2 is 1.87 bits per heavy atom. The normalized spacial score (nSPS) is 20.9. The molecule has 5 heteroatoms. The minimum absolute atomic E-state index is 0.416. The summed E-state index contributed by atoms with van der Waals surface area (Å²) in [6.45, 7) is 10.4. The first-order valence-corrected chi connectivity index (χ1v) is 8.78. The Morgan fingerprint density at radius 3 is 2.61 bits per heavy atom. The highest BCUT2D eigenvalue weighted by Crippen LogP contribution is 2.33. The van der Waals surface area contributed by atoms with E-state index in [1.165, 1.54) is 0 Å². The highest BCUT2D eigenvalue weighted by molar-refractivity contribution is 5.60. The second-order valence-corrected chi connectivity index (χ2v) is 6.58. The van der Waals surface area contributed by atoms with Crippen molar-refractivity contribution in [1.82, 2.24) is 9.80 Å². The first-order valence-electron chi connectivity index (χ1n) is 8.78. The first-order chi connectivity index (χ1) is 11.2. The summed E-state index contributed by atoms with van der Waals surface area (Å²) in [5.74, 6) is 0.895. The average Bonchev–Trinajstić information content (AvgIpc) is 2.60. The monoisotopic (exact) mass is 319 g/mol. The SMILES string of the molecule is CCN1CCN(CCC(O)c2ccc3c(c2)OCCN3C)CC1. The van der Waals surface area contributed by atoms with E-state index in [2.05, 4.69) is 34.7 Å². The van der Waals surface area contributed by atoms with Crippen LogP contribution in [0.1, 0.15) is 25.0 Å². The van der Waals surface area contributed by atoms with Crippen LogP contribution in [0.2, 0.25) is 0 Å². The van der Waals surface area contributed by atoms with E-state index in [9.17, 15) is 5.11 Å². The van der Waals surface area contributed by atoms with Crippen molar-refractivity contribution in [2.24, 2.45) is 0 Å². The molecule has 0 aliphatic carbocycles. The predicted octanol–water partition coefficient (Wildman–Crippen LogP) is 1.58. The van der Waals surface area contributed by atoms with Crippen molar-refractivity contribution in [2.45, 2.75) is 19.4 Å². The van der Waals surface area contributed by atoms with Crippen LogP contribution in [0.4, 0.5) is 5.69 Å². The van der Waals surface area contributed by atoms with E-state index in [-0.39, 0.29) is 0 Å². The molecule has 0 aromatic heterocycles. The topological polar surface area (TPSA) is 39.2 Å². The number of ether oxygens (including phenoxy) is 1. The van der Waals surface area contributed by atoms with E-state index >= 15 is 0 Å². The highest BCUT2D eigenvalue weighted by Gasteiger charge is 2.19. The van der Waals surface area contributed by atoms with Gasteiger partial charge in [0.25, 0.3) is 0 Å². The maximum Gasteiger partial charge on any atom is 0.143 e. The van der Waals surface area contributed by atoms with Crippen LogP contribution in [0.5, 0.6) is 5.75 Å². The summed E-state index contributed by atoms with van der Waals surface area (Å²) >= 11 is 0. The van der Waals surface area contributed by atoms with Crippen LogP contribution >= 0.6 is 0 Å². The van der Waals surface area contributed by atoms with Gasteiger partial charge in [-0.25, -0.2) is 0 Å². The van der Waals surface area contributed by atoms with Crippen molar-refractivity contribution in [3.8, 4) is 5.75 Å². The van der Waals surface area contributed by atoms with Crippen LogP contribution in [0, 0.1) is 0 Å². The molecular formula is C18H29N3O2. The molecule has 1 saturated heterocycles. The molecule has 5 nitrogen and oxygen atoms in total. The Morgan fingerprint density at radius 1 is 1.13 bits per heavy atom. The fourth-order valence-electron chi connectivity index (χ4n) is 3.38. The second kappa shape index (κ2) is 7.51. The van der Waals surface area contributed by atoms with Crippen LogP contribution in [-0.2, 0) is 0 Å². The number of anilines is 1. The maximum absolute atomic E-state index is 10.5. The Hall–Kier alpha value is -1.30. The second-order valence-electron chi connectivity index (χ2n) is 6.58. The van der Waals surface area contributed by atoms with Gasteiger partial charge in [-0.3, -0.25) is 0 Å². The van der Waals surface area contributed by atoms with Crippen molar-refractivity contribution in [3.05, 3.63) is 23.8 Å². The van der Waals surface area contributed by atoms with E-state index in [1.54, 1.807) is 0 Å². The third-order valence-corrected chi connectivity index (χ3v) is 5.10. The zero-order chi connectivity index (χ0) is 16.2. The van der Waals surface area contributed by atoms with Crippen molar-refractivity contribution < 1.29 is 9.84 Å². The van der Waals surface area contributed by atoms with E-state index in [0.717, 1.165) is 69.2 Å². The Labute approximate surface area is 139 Å². The Balaban J connectivity index is 1.53. The van der Waals surface area contributed by atoms with Crippen molar-refractivity contribution in [2.75, 3.05) is 64.4 Å². The number of hydrogen-bond donors (Lipinski definition) is 1. The molecule has 23 heavy (non-hydrogen) atoms. The van der Waals surface area contributed by atoms with Crippen molar-refractivity contribution >= 4 is 5.69 Å². The molecule has 1 fully saturated rings. The third kappa shape index (κ3) is 3.97. The molecule has 2 heterocycles. The number of likely N-dealkylation sites (N-methyl/N-ethyl adjacent to an activating group) is 2. The average molecular weight is 319 g/mol. The number of nitrogens with zero attached hydrogens (tertiary/aromatic N) is 3. The minimum Gasteiger partial charge on any atom is -0.490 e. The van der Waals surface area contributed by atoms with Gasteiger partial charge in [-0.1, -0.05) is 13.0 Å². The largest absolute Gasteiger partial charge is 0.490 e. The summed E-state index contributed by atoms with van der Waals surface area (Å²) in [5, 5.41) is 10.5. The van der Waals surface area contributed by atoms with Gasteiger partial charge in [0.05, 0.1) is 18.3 Å². The number of piperazine rings is 1. The van der Waals surface area contributed by atoms with Crippen LogP contribution in [0.15, 0.2) is 18.2 Å². The number of aliphatic hydroxyl groups excluding tert-OH is 1. The zero-order valence-electron chi connectivity index (χ0n) is 14.4.